The number of rotatable bonds is 7. The van der Waals surface area contributed by atoms with Crippen LogP contribution in [0.25, 0.3) is 0 Å². The van der Waals surface area contributed by atoms with Crippen LogP contribution in [0, 0.1) is 0 Å². The molecule has 24 heavy (non-hydrogen) atoms. The van der Waals surface area contributed by atoms with Crippen LogP contribution in [0.4, 0.5) is 11.4 Å². The van der Waals surface area contributed by atoms with Gasteiger partial charge in [0.05, 0.1) is 30.2 Å². The van der Waals surface area contributed by atoms with Gasteiger partial charge in [-0.25, -0.2) is 4.79 Å². The number of anilines is 2. The van der Waals surface area contributed by atoms with Crippen LogP contribution in [0.1, 0.15) is 16.8 Å². The Labute approximate surface area is 140 Å². The van der Waals surface area contributed by atoms with Crippen LogP contribution >= 0.6 is 0 Å². The topological polar surface area (TPSA) is 103 Å². The second-order valence-corrected chi connectivity index (χ2v) is 5.67. The molecule has 8 heteroatoms. The largest absolute Gasteiger partial charge is 0.482 e. The van der Waals surface area contributed by atoms with Gasteiger partial charge in [0.25, 0.3) is 5.91 Å². The Bertz CT molecular complexity index is 614. The monoisotopic (exact) mass is 337 g/mol. The second-order valence-electron chi connectivity index (χ2n) is 5.67. The first-order chi connectivity index (χ1) is 11.4. The fourth-order valence-corrected chi connectivity index (χ4v) is 2.07. The molecule has 132 valence electrons. The van der Waals surface area contributed by atoms with Crippen molar-refractivity contribution in [1.82, 2.24) is 4.90 Å². The number of hydrogen-bond acceptors (Lipinski definition) is 7. The third-order valence-electron chi connectivity index (χ3n) is 3.73. The highest BCUT2D eigenvalue weighted by atomic mass is 16.5. The smallest absolute Gasteiger partial charge is 0.338 e. The Morgan fingerprint density at radius 1 is 1.42 bits per heavy atom. The first-order valence-corrected chi connectivity index (χ1v) is 7.62. The molecular weight excluding hydrogens is 314 g/mol. The van der Waals surface area contributed by atoms with Crippen molar-refractivity contribution in [2.75, 3.05) is 52.0 Å². The maximum absolute atomic E-state index is 11.8. The van der Waals surface area contributed by atoms with Gasteiger partial charge in [-0.15, -0.1) is 0 Å². The zero-order chi connectivity index (χ0) is 17.7. The van der Waals surface area contributed by atoms with E-state index in [1.54, 1.807) is 20.2 Å². The molecule has 1 heterocycles. The molecule has 3 N–H and O–H groups in total. The van der Waals surface area contributed by atoms with Crippen molar-refractivity contribution in [3.63, 3.8) is 0 Å². The molecule has 1 atom stereocenters. The molecule has 0 saturated carbocycles. The number of nitrogen functional groups attached to an aromatic ring is 1. The maximum atomic E-state index is 11.8. The first-order valence-electron chi connectivity index (χ1n) is 7.62. The van der Waals surface area contributed by atoms with Crippen molar-refractivity contribution < 1.29 is 23.8 Å². The molecule has 0 spiro atoms. The fraction of sp³-hybridized carbons (Fsp3) is 0.500. The predicted molar refractivity (Wildman–Crippen MR) is 89.2 cm³/mol. The summed E-state index contributed by atoms with van der Waals surface area (Å²) in [7, 11) is 4.56. The maximum Gasteiger partial charge on any atom is 0.338 e. The minimum Gasteiger partial charge on any atom is -0.482 e. The molecule has 1 aromatic carbocycles. The third-order valence-corrected chi connectivity index (χ3v) is 3.73. The quantitative estimate of drug-likeness (QED) is 0.558. The van der Waals surface area contributed by atoms with E-state index in [1.807, 2.05) is 0 Å². The van der Waals surface area contributed by atoms with E-state index in [4.69, 9.17) is 19.9 Å². The summed E-state index contributed by atoms with van der Waals surface area (Å²) in [6, 6.07) is 3.07. The van der Waals surface area contributed by atoms with E-state index in [0.717, 1.165) is 13.0 Å². The van der Waals surface area contributed by atoms with Gasteiger partial charge >= 0.3 is 5.97 Å². The molecule has 1 saturated heterocycles. The summed E-state index contributed by atoms with van der Waals surface area (Å²) < 4.78 is 15.6. The number of amides is 1. The van der Waals surface area contributed by atoms with E-state index in [1.165, 1.54) is 18.1 Å². The van der Waals surface area contributed by atoms with Gasteiger partial charge in [0.2, 0.25) is 0 Å². The summed E-state index contributed by atoms with van der Waals surface area (Å²) in [5.74, 6) is -0.470. The number of benzene rings is 1. The van der Waals surface area contributed by atoms with Crippen molar-refractivity contribution in [2.45, 2.75) is 12.5 Å². The van der Waals surface area contributed by atoms with Gasteiger partial charge in [-0.1, -0.05) is 0 Å². The molecule has 1 fully saturated rings. The highest BCUT2D eigenvalue weighted by Crippen LogP contribution is 2.32. The van der Waals surface area contributed by atoms with Crippen molar-refractivity contribution in [3.05, 3.63) is 17.7 Å². The SMILES string of the molecule is COC(=O)c1cc(NCC2CCO2)c(N)c(OCC(=O)N(C)C)c1. The predicted octanol–water partition coefficient (Wildman–Crippen LogP) is 0.723. The van der Waals surface area contributed by atoms with Crippen molar-refractivity contribution in [1.29, 1.82) is 0 Å². The third kappa shape index (κ3) is 4.29. The molecule has 1 aliphatic heterocycles. The number of carbonyl (C=O) groups excluding carboxylic acids is 2. The lowest BCUT2D eigenvalue weighted by atomic mass is 10.1. The van der Waals surface area contributed by atoms with E-state index in [-0.39, 0.29) is 29.9 Å². The molecule has 2 rings (SSSR count). The number of likely N-dealkylation sites (N-methyl/N-ethyl adjacent to an activating group) is 1. The lowest BCUT2D eigenvalue weighted by Gasteiger charge is -2.27. The Morgan fingerprint density at radius 3 is 2.67 bits per heavy atom. The summed E-state index contributed by atoms with van der Waals surface area (Å²) in [6.45, 7) is 1.16. The van der Waals surface area contributed by atoms with Gasteiger partial charge < -0.3 is 30.2 Å². The molecule has 1 aliphatic rings. The van der Waals surface area contributed by atoms with Crippen LogP contribution in [0.15, 0.2) is 12.1 Å². The summed E-state index contributed by atoms with van der Waals surface area (Å²) in [6.07, 6.45) is 1.11. The highest BCUT2D eigenvalue weighted by molar-refractivity contribution is 5.93. The lowest BCUT2D eigenvalue weighted by molar-refractivity contribution is -0.130. The average molecular weight is 337 g/mol. The minimum absolute atomic E-state index is 0.130. The number of nitrogens with one attached hydrogen (secondary N) is 1. The molecular formula is C16H23N3O5. The molecule has 0 aromatic heterocycles. The lowest BCUT2D eigenvalue weighted by Crippen LogP contribution is -2.33. The van der Waals surface area contributed by atoms with Gasteiger partial charge in [0, 0.05) is 27.2 Å². The van der Waals surface area contributed by atoms with Crippen molar-refractivity contribution in [3.8, 4) is 5.75 Å². The van der Waals surface area contributed by atoms with Gasteiger partial charge in [0.1, 0.15) is 5.75 Å². The molecule has 1 unspecified atom stereocenters. The van der Waals surface area contributed by atoms with Gasteiger partial charge in [-0.05, 0) is 18.6 Å². The number of hydrogen-bond donors (Lipinski definition) is 2. The van der Waals surface area contributed by atoms with E-state index in [0.29, 0.717) is 17.9 Å². The summed E-state index contributed by atoms with van der Waals surface area (Å²) in [5, 5.41) is 3.15. The Balaban J connectivity index is 2.19. The number of carbonyl (C=O) groups is 2. The van der Waals surface area contributed by atoms with Crippen LogP contribution in [-0.2, 0) is 14.3 Å². The Hall–Kier alpha value is -2.48. The first kappa shape index (κ1) is 17.9. The van der Waals surface area contributed by atoms with E-state index >= 15 is 0 Å². The Morgan fingerprint density at radius 2 is 2.12 bits per heavy atom. The molecule has 0 radical (unpaired) electrons. The minimum atomic E-state index is -0.512. The number of ether oxygens (including phenoxy) is 3. The number of methoxy groups -OCH3 is 1. The van der Waals surface area contributed by atoms with Crippen LogP contribution in [0.5, 0.6) is 5.75 Å². The van der Waals surface area contributed by atoms with Gasteiger partial charge in [-0.3, -0.25) is 4.79 Å². The summed E-state index contributed by atoms with van der Waals surface area (Å²) in [5.41, 5.74) is 7.25. The van der Waals surface area contributed by atoms with Crippen LogP contribution in [0.2, 0.25) is 0 Å². The van der Waals surface area contributed by atoms with E-state index in [2.05, 4.69) is 5.32 Å². The van der Waals surface area contributed by atoms with Gasteiger partial charge in [0.15, 0.2) is 6.61 Å². The number of nitrogens with zero attached hydrogens (tertiary/aromatic N) is 1. The Kier molecular flexibility index (Phi) is 5.86. The highest BCUT2D eigenvalue weighted by Gasteiger charge is 2.20. The summed E-state index contributed by atoms with van der Waals surface area (Å²) in [4.78, 5) is 24.9. The number of nitrogens with two attached hydrogens (primary N) is 1. The van der Waals surface area contributed by atoms with Crippen LogP contribution < -0.4 is 15.8 Å². The molecule has 1 amide bonds. The zero-order valence-electron chi connectivity index (χ0n) is 14.1. The molecule has 0 aliphatic carbocycles. The number of esters is 1. The van der Waals surface area contributed by atoms with Crippen LogP contribution in [0.3, 0.4) is 0 Å². The zero-order valence-corrected chi connectivity index (χ0v) is 14.1. The normalized spacial score (nSPS) is 16.0. The second kappa shape index (κ2) is 7.87. The summed E-state index contributed by atoms with van der Waals surface area (Å²) >= 11 is 0. The van der Waals surface area contributed by atoms with E-state index in [9.17, 15) is 9.59 Å². The average Bonchev–Trinajstić information content (AvgIpc) is 2.52. The standard InChI is InChI=1S/C16H23N3O5/c1-19(2)14(20)9-24-13-7-10(16(21)22-3)6-12(15(13)17)18-8-11-4-5-23-11/h6-7,11,18H,4-5,8-9,17H2,1-3H3. The molecule has 8 nitrogen and oxygen atoms in total. The van der Waals surface area contributed by atoms with Crippen molar-refractivity contribution >= 4 is 23.3 Å². The fourth-order valence-electron chi connectivity index (χ4n) is 2.07. The molecule has 0 bridgehead atoms. The van der Waals surface area contributed by atoms with Gasteiger partial charge in [-0.2, -0.15) is 0 Å². The van der Waals surface area contributed by atoms with E-state index < -0.39 is 5.97 Å². The van der Waals surface area contributed by atoms with Crippen LogP contribution in [-0.4, -0.2) is 63.8 Å². The molecule has 1 aromatic rings. The van der Waals surface area contributed by atoms with Crippen molar-refractivity contribution in [2.24, 2.45) is 0 Å².